The molecule has 1 atom stereocenters. The first kappa shape index (κ1) is 43.1. The Labute approximate surface area is 298 Å². The Morgan fingerprint density at radius 2 is 1.00 bits per heavy atom. The molecule has 0 aromatic heterocycles. The van der Waals surface area contributed by atoms with E-state index >= 15 is 0 Å². The highest BCUT2D eigenvalue weighted by molar-refractivity contribution is 7.49. The van der Waals surface area contributed by atoms with Crippen LogP contribution in [0, 0.1) is 26.1 Å². The van der Waals surface area contributed by atoms with Crippen LogP contribution < -0.4 is 9.05 Å². The molecule has 50 heavy (non-hydrogen) atoms. The zero-order chi connectivity index (χ0) is 36.5. The van der Waals surface area contributed by atoms with Crippen LogP contribution in [-0.4, -0.2) is 42.4 Å². The largest absolute Gasteiger partial charge is 0.587 e. The van der Waals surface area contributed by atoms with Gasteiger partial charge in [0.2, 0.25) is 0 Å². The lowest BCUT2D eigenvalue weighted by Gasteiger charge is -2.23. The standard InChI is InChI=1S/C37H59N2O10P/c1-4-5-6-7-8-9-10-11-12-13-14-15-16-17-18-19-28-45-30-37(46-29-32(2)3)31-47-50(44,48-35-24-20-33(21-25-35)38(40)41)49-36-26-22-34(23-27-36)39(42)43/h20-27,32,37H,4-19,28-31H2,1-3H3/t37-/m1/s1. The van der Waals surface area contributed by atoms with Crippen LogP contribution in [0.1, 0.15) is 124 Å². The van der Waals surface area contributed by atoms with E-state index in [1.807, 2.05) is 13.8 Å². The molecule has 0 aliphatic heterocycles. The van der Waals surface area contributed by atoms with Gasteiger partial charge in [-0.3, -0.25) is 24.8 Å². The van der Waals surface area contributed by atoms with Gasteiger partial charge in [-0.05, 0) is 36.6 Å². The number of phosphoric ester groups is 1. The van der Waals surface area contributed by atoms with Crippen molar-refractivity contribution in [2.24, 2.45) is 5.92 Å². The van der Waals surface area contributed by atoms with Crippen molar-refractivity contribution in [3.8, 4) is 11.5 Å². The van der Waals surface area contributed by atoms with Crippen molar-refractivity contribution in [2.45, 2.75) is 130 Å². The molecule has 0 amide bonds. The number of rotatable bonds is 31. The van der Waals surface area contributed by atoms with Gasteiger partial charge in [-0.1, -0.05) is 117 Å². The minimum Gasteiger partial charge on any atom is -0.395 e. The zero-order valence-electron chi connectivity index (χ0n) is 30.3. The normalized spacial score (nSPS) is 12.2. The van der Waals surface area contributed by atoms with Gasteiger partial charge in [0.1, 0.15) is 17.6 Å². The van der Waals surface area contributed by atoms with Crippen molar-refractivity contribution < 1.29 is 37.5 Å². The highest BCUT2D eigenvalue weighted by atomic mass is 31.2. The number of nitro groups is 2. The first-order chi connectivity index (χ1) is 24.1. The van der Waals surface area contributed by atoms with Crippen LogP contribution in [0.15, 0.2) is 48.5 Å². The number of hydrogen-bond donors (Lipinski definition) is 0. The Hall–Kier alpha value is -3.05. The van der Waals surface area contributed by atoms with E-state index < -0.39 is 23.8 Å². The molecule has 2 aromatic carbocycles. The van der Waals surface area contributed by atoms with Gasteiger partial charge in [0.15, 0.2) is 0 Å². The first-order valence-corrected chi connectivity index (χ1v) is 19.9. The third-order valence-corrected chi connectivity index (χ3v) is 9.39. The van der Waals surface area contributed by atoms with Crippen molar-refractivity contribution in [1.29, 1.82) is 0 Å². The number of hydrogen-bond acceptors (Lipinski definition) is 10. The average molecular weight is 723 g/mol. The smallest absolute Gasteiger partial charge is 0.395 e. The second-order valence-corrected chi connectivity index (χ2v) is 14.7. The van der Waals surface area contributed by atoms with Crippen LogP contribution in [0.25, 0.3) is 0 Å². The Balaban J connectivity index is 1.77. The van der Waals surface area contributed by atoms with Gasteiger partial charge in [-0.2, -0.15) is 0 Å². The van der Waals surface area contributed by atoms with Crippen LogP contribution in [-0.2, 0) is 18.6 Å². The number of nitro benzene ring substituents is 2. The molecule has 0 bridgehead atoms. The predicted octanol–water partition coefficient (Wildman–Crippen LogP) is 11.4. The SMILES string of the molecule is CCCCCCCCCCCCCCCCCCOC[C@H](COP(=O)(Oc1ccc([N+](=O)[O-])cc1)Oc1ccc([N+](=O)[O-])cc1)OCC(C)C. The van der Waals surface area contributed by atoms with Crippen LogP contribution in [0.4, 0.5) is 11.4 Å². The molecule has 0 saturated heterocycles. The lowest BCUT2D eigenvalue weighted by atomic mass is 10.0. The van der Waals surface area contributed by atoms with Crippen molar-refractivity contribution in [3.05, 3.63) is 68.8 Å². The lowest BCUT2D eigenvalue weighted by molar-refractivity contribution is -0.385. The fourth-order valence-electron chi connectivity index (χ4n) is 5.20. The van der Waals surface area contributed by atoms with Gasteiger partial charge in [0, 0.05) is 37.5 Å². The van der Waals surface area contributed by atoms with Gasteiger partial charge < -0.3 is 18.5 Å². The highest BCUT2D eigenvalue weighted by Crippen LogP contribution is 2.50. The third kappa shape index (κ3) is 20.0. The molecule has 13 heteroatoms. The summed E-state index contributed by atoms with van der Waals surface area (Å²) in [7, 11) is -4.40. The van der Waals surface area contributed by atoms with Crippen LogP contribution in [0.3, 0.4) is 0 Å². The minimum absolute atomic E-state index is 0.0141. The van der Waals surface area contributed by atoms with Crippen LogP contribution in [0.2, 0.25) is 0 Å². The van der Waals surface area contributed by atoms with Crippen molar-refractivity contribution >= 4 is 19.2 Å². The lowest BCUT2D eigenvalue weighted by Crippen LogP contribution is -2.28. The molecule has 0 aliphatic carbocycles. The van der Waals surface area contributed by atoms with E-state index in [1.54, 1.807) is 0 Å². The Bertz CT molecular complexity index is 1180. The summed E-state index contributed by atoms with van der Waals surface area (Å²) >= 11 is 0. The molecule has 2 aromatic rings. The molecule has 0 fully saturated rings. The molecule has 0 N–H and O–H groups in total. The van der Waals surface area contributed by atoms with E-state index in [2.05, 4.69) is 6.92 Å². The average Bonchev–Trinajstić information content (AvgIpc) is 3.09. The van der Waals surface area contributed by atoms with Gasteiger partial charge in [0.25, 0.3) is 11.4 Å². The van der Waals surface area contributed by atoms with E-state index in [0.29, 0.717) is 13.2 Å². The quantitative estimate of drug-likeness (QED) is 0.0318. The summed E-state index contributed by atoms with van der Waals surface area (Å²) in [6, 6.07) is 9.92. The summed E-state index contributed by atoms with van der Waals surface area (Å²) in [4.78, 5) is 21.0. The van der Waals surface area contributed by atoms with Crippen molar-refractivity contribution in [3.63, 3.8) is 0 Å². The van der Waals surface area contributed by atoms with Crippen LogP contribution in [0.5, 0.6) is 11.5 Å². The fraction of sp³-hybridized carbons (Fsp3) is 0.676. The number of nitrogens with zero attached hydrogens (tertiary/aromatic N) is 2. The molecule has 0 radical (unpaired) electrons. The second kappa shape index (κ2) is 25.8. The molecule has 0 aliphatic rings. The van der Waals surface area contributed by atoms with Crippen molar-refractivity contribution in [2.75, 3.05) is 26.4 Å². The van der Waals surface area contributed by atoms with E-state index in [9.17, 15) is 24.8 Å². The van der Waals surface area contributed by atoms with E-state index in [-0.39, 0.29) is 42.0 Å². The fourth-order valence-corrected chi connectivity index (χ4v) is 6.45. The summed E-state index contributed by atoms with van der Waals surface area (Å²) in [5.41, 5.74) is -0.346. The minimum atomic E-state index is -4.40. The van der Waals surface area contributed by atoms with Gasteiger partial charge >= 0.3 is 7.82 Å². The maximum Gasteiger partial charge on any atom is 0.587 e. The number of phosphoric acid groups is 1. The number of benzene rings is 2. The Morgan fingerprint density at radius 1 is 0.600 bits per heavy atom. The number of ether oxygens (including phenoxy) is 2. The summed E-state index contributed by atoms with van der Waals surface area (Å²) < 4.78 is 42.6. The summed E-state index contributed by atoms with van der Waals surface area (Å²) in [5, 5.41) is 22.1. The maximum absolute atomic E-state index is 13.8. The second-order valence-electron chi connectivity index (χ2n) is 13.2. The third-order valence-electron chi connectivity index (χ3n) is 8.06. The van der Waals surface area contributed by atoms with Crippen molar-refractivity contribution in [1.82, 2.24) is 0 Å². The Kier molecular flexibility index (Phi) is 22.3. The topological polar surface area (TPSA) is 150 Å². The number of non-ortho nitro benzene ring substituents is 2. The molecule has 0 saturated carbocycles. The van der Waals surface area contributed by atoms with Gasteiger partial charge in [-0.15, -0.1) is 0 Å². The molecular weight excluding hydrogens is 663 g/mol. The first-order valence-electron chi connectivity index (χ1n) is 18.4. The summed E-state index contributed by atoms with van der Waals surface area (Å²) in [5.74, 6) is 0.262. The van der Waals surface area contributed by atoms with E-state index in [4.69, 9.17) is 23.0 Å². The summed E-state index contributed by atoms with van der Waals surface area (Å²) in [6.07, 6.45) is 20.2. The molecule has 282 valence electrons. The summed E-state index contributed by atoms with van der Waals surface area (Å²) in [6.45, 7) is 7.29. The molecule has 0 spiro atoms. The maximum atomic E-state index is 13.8. The predicted molar refractivity (Wildman–Crippen MR) is 196 cm³/mol. The Morgan fingerprint density at radius 3 is 1.38 bits per heavy atom. The molecule has 0 unspecified atom stereocenters. The van der Waals surface area contributed by atoms with Gasteiger partial charge in [-0.25, -0.2) is 4.57 Å². The molecule has 0 heterocycles. The zero-order valence-corrected chi connectivity index (χ0v) is 31.2. The van der Waals surface area contributed by atoms with Crippen LogP contribution >= 0.6 is 7.82 Å². The van der Waals surface area contributed by atoms with E-state index in [0.717, 1.165) is 12.8 Å². The monoisotopic (exact) mass is 722 g/mol. The van der Waals surface area contributed by atoms with Gasteiger partial charge in [0.05, 0.1) is 23.1 Å². The highest BCUT2D eigenvalue weighted by Gasteiger charge is 2.33. The molecule has 12 nitrogen and oxygen atoms in total. The van der Waals surface area contributed by atoms with E-state index in [1.165, 1.54) is 138 Å². The number of unbranched alkanes of at least 4 members (excludes halogenated alkanes) is 15. The molecule has 2 rings (SSSR count). The molecular formula is C37H59N2O10P.